The molecule has 8 heteroatoms. The topological polar surface area (TPSA) is 29.5 Å². The summed E-state index contributed by atoms with van der Waals surface area (Å²) in [4.78, 5) is 13.9. The molecule has 1 aliphatic heterocycles. The van der Waals surface area contributed by atoms with Gasteiger partial charge in [-0.25, -0.2) is 4.79 Å². The lowest BCUT2D eigenvalue weighted by atomic mass is 9.92. The van der Waals surface area contributed by atoms with Crippen LogP contribution in [0.3, 0.4) is 0 Å². The molecule has 0 bridgehead atoms. The molecule has 0 radical (unpaired) electrons. The van der Waals surface area contributed by atoms with Crippen molar-refractivity contribution in [2.24, 2.45) is 0 Å². The van der Waals surface area contributed by atoms with Crippen molar-refractivity contribution in [3.63, 3.8) is 0 Å². The first-order valence-corrected chi connectivity index (χ1v) is 9.42. The number of ether oxygens (including phenoxy) is 1. The number of hydrogen-bond acceptors (Lipinski definition) is 3. The zero-order chi connectivity index (χ0) is 17.9. The molecule has 0 fully saturated rings. The average Bonchev–Trinajstić information content (AvgIpc) is 2.53. The Bertz CT molecular complexity index is 597. The van der Waals surface area contributed by atoms with Crippen LogP contribution in [-0.2, 0) is 10.9 Å². The van der Waals surface area contributed by atoms with Crippen molar-refractivity contribution in [1.82, 2.24) is 0 Å². The highest BCUT2D eigenvalue weighted by Gasteiger charge is 2.38. The van der Waals surface area contributed by atoms with Gasteiger partial charge in [-0.1, -0.05) is 6.92 Å². The van der Waals surface area contributed by atoms with E-state index in [0.29, 0.717) is 29.8 Å². The molecule has 1 heterocycles. The van der Waals surface area contributed by atoms with Gasteiger partial charge in [0.05, 0.1) is 16.6 Å². The van der Waals surface area contributed by atoms with Gasteiger partial charge in [-0.15, -0.1) is 11.6 Å². The van der Waals surface area contributed by atoms with Crippen molar-refractivity contribution < 1.29 is 22.7 Å². The maximum absolute atomic E-state index is 12.9. The number of fused-ring (bicyclic) bond motifs is 1. The minimum Gasteiger partial charge on any atom is -0.448 e. The van der Waals surface area contributed by atoms with Crippen LogP contribution < -0.4 is 4.90 Å². The van der Waals surface area contributed by atoms with E-state index in [4.69, 9.17) is 16.3 Å². The molecule has 1 amide bonds. The number of anilines is 1. The fourth-order valence-electron chi connectivity index (χ4n) is 2.75. The highest BCUT2D eigenvalue weighted by Crippen LogP contribution is 2.44. The van der Waals surface area contributed by atoms with E-state index in [1.54, 1.807) is 11.8 Å². The van der Waals surface area contributed by atoms with Crippen LogP contribution in [0.4, 0.5) is 23.7 Å². The van der Waals surface area contributed by atoms with Gasteiger partial charge < -0.3 is 4.74 Å². The van der Waals surface area contributed by atoms with Crippen LogP contribution in [0.25, 0.3) is 0 Å². The van der Waals surface area contributed by atoms with E-state index in [-0.39, 0.29) is 12.6 Å². The maximum atomic E-state index is 12.9. The summed E-state index contributed by atoms with van der Waals surface area (Å²) in [5, 5.41) is -0.567. The number of hydrogen-bond donors (Lipinski definition) is 0. The Morgan fingerprint density at radius 1 is 1.46 bits per heavy atom. The summed E-state index contributed by atoms with van der Waals surface area (Å²) in [5.41, 5.74) is -0.0502. The SMILES string of the molecule is CCC1CC(Cl)c2cc(C(F)(F)F)ccc2N1C(=O)OCCSC. The summed E-state index contributed by atoms with van der Waals surface area (Å²) in [6.07, 6.45) is -2.06. The van der Waals surface area contributed by atoms with Crippen LogP contribution in [0.15, 0.2) is 18.2 Å². The van der Waals surface area contributed by atoms with Gasteiger partial charge >= 0.3 is 12.3 Å². The number of nitrogens with zero attached hydrogens (tertiary/aromatic N) is 1. The first-order chi connectivity index (χ1) is 11.3. The van der Waals surface area contributed by atoms with Gasteiger partial charge in [0, 0.05) is 11.8 Å². The zero-order valence-corrected chi connectivity index (χ0v) is 15.0. The molecule has 2 unspecified atom stereocenters. The Hall–Kier alpha value is -1.08. The largest absolute Gasteiger partial charge is 0.448 e. The third kappa shape index (κ3) is 4.11. The van der Waals surface area contributed by atoms with Crippen molar-refractivity contribution in [1.29, 1.82) is 0 Å². The van der Waals surface area contributed by atoms with Crippen molar-refractivity contribution in [3.05, 3.63) is 29.3 Å². The Balaban J connectivity index is 2.37. The summed E-state index contributed by atoms with van der Waals surface area (Å²) in [6, 6.07) is 3.12. The summed E-state index contributed by atoms with van der Waals surface area (Å²) in [5.74, 6) is 0.661. The third-order valence-corrected chi connectivity index (χ3v) is 4.97. The number of rotatable bonds is 4. The second kappa shape index (κ2) is 7.87. The number of amides is 1. The molecular formula is C16H19ClF3NO2S. The van der Waals surface area contributed by atoms with Crippen LogP contribution in [0.1, 0.15) is 36.3 Å². The second-order valence-corrected chi connectivity index (χ2v) is 7.03. The van der Waals surface area contributed by atoms with Crippen LogP contribution >= 0.6 is 23.4 Å². The highest BCUT2D eigenvalue weighted by molar-refractivity contribution is 7.98. The number of carbonyl (C=O) groups is 1. The molecule has 2 rings (SSSR count). The predicted octanol–water partition coefficient (Wildman–Crippen LogP) is 5.47. The summed E-state index contributed by atoms with van der Waals surface area (Å²) in [7, 11) is 0. The molecule has 3 nitrogen and oxygen atoms in total. The Kier molecular flexibility index (Phi) is 6.31. The Morgan fingerprint density at radius 2 is 2.17 bits per heavy atom. The molecule has 1 aromatic rings. The van der Waals surface area contributed by atoms with Crippen molar-refractivity contribution in [3.8, 4) is 0 Å². The van der Waals surface area contributed by atoms with Crippen LogP contribution in [0.2, 0.25) is 0 Å². The van der Waals surface area contributed by atoms with E-state index in [1.165, 1.54) is 11.0 Å². The fraction of sp³-hybridized carbons (Fsp3) is 0.562. The molecule has 1 aromatic carbocycles. The van der Waals surface area contributed by atoms with Gasteiger partial charge in [-0.2, -0.15) is 24.9 Å². The van der Waals surface area contributed by atoms with E-state index < -0.39 is 23.2 Å². The van der Waals surface area contributed by atoms with E-state index in [9.17, 15) is 18.0 Å². The van der Waals surface area contributed by atoms with Crippen molar-refractivity contribution >= 4 is 35.1 Å². The molecule has 0 aromatic heterocycles. The first-order valence-electron chi connectivity index (χ1n) is 7.59. The Morgan fingerprint density at radius 3 is 2.75 bits per heavy atom. The number of halogens is 4. The normalized spacial score (nSPS) is 20.7. The number of thioether (sulfide) groups is 1. The van der Waals surface area contributed by atoms with Crippen molar-refractivity contribution in [2.75, 3.05) is 23.5 Å². The predicted molar refractivity (Wildman–Crippen MR) is 90.9 cm³/mol. The van der Waals surface area contributed by atoms with Crippen molar-refractivity contribution in [2.45, 2.75) is 37.4 Å². The van der Waals surface area contributed by atoms with Crippen LogP contribution in [-0.4, -0.2) is 30.8 Å². The van der Waals surface area contributed by atoms with Gasteiger partial charge in [0.2, 0.25) is 0 Å². The van der Waals surface area contributed by atoms with Gasteiger partial charge in [0.15, 0.2) is 0 Å². The highest BCUT2D eigenvalue weighted by atomic mass is 35.5. The Labute approximate surface area is 148 Å². The molecule has 24 heavy (non-hydrogen) atoms. The molecule has 0 aliphatic carbocycles. The second-order valence-electron chi connectivity index (χ2n) is 5.51. The molecule has 1 aliphatic rings. The zero-order valence-electron chi connectivity index (χ0n) is 13.4. The van der Waals surface area contributed by atoms with Gasteiger partial charge in [0.1, 0.15) is 6.61 Å². The van der Waals surface area contributed by atoms with E-state index in [1.807, 2.05) is 13.2 Å². The average molecular weight is 382 g/mol. The van der Waals surface area contributed by atoms with Crippen LogP contribution in [0, 0.1) is 0 Å². The lowest BCUT2D eigenvalue weighted by Gasteiger charge is -2.38. The molecule has 0 saturated heterocycles. The summed E-state index contributed by atoms with van der Waals surface area (Å²) >= 11 is 7.84. The maximum Gasteiger partial charge on any atom is 0.416 e. The lowest BCUT2D eigenvalue weighted by molar-refractivity contribution is -0.137. The lowest BCUT2D eigenvalue weighted by Crippen LogP contribution is -2.44. The molecular weight excluding hydrogens is 363 g/mol. The standard InChI is InChI=1S/C16H19ClF3NO2S/c1-3-11-9-13(17)12-8-10(16(18,19)20)4-5-14(12)21(11)15(22)23-6-7-24-2/h4-5,8,11,13H,3,6-7,9H2,1-2H3. The molecule has 0 saturated carbocycles. The molecule has 134 valence electrons. The molecule has 0 spiro atoms. The number of carbonyl (C=O) groups excluding carboxylic acids is 1. The van der Waals surface area contributed by atoms with E-state index >= 15 is 0 Å². The minimum absolute atomic E-state index is 0.196. The van der Waals surface area contributed by atoms with E-state index in [0.717, 1.165) is 12.1 Å². The third-order valence-electron chi connectivity index (χ3n) is 3.98. The van der Waals surface area contributed by atoms with E-state index in [2.05, 4.69) is 0 Å². The fourth-order valence-corrected chi connectivity index (χ4v) is 3.38. The number of alkyl halides is 4. The van der Waals surface area contributed by atoms with Crippen LogP contribution in [0.5, 0.6) is 0 Å². The summed E-state index contributed by atoms with van der Waals surface area (Å²) < 4.78 is 44.1. The monoisotopic (exact) mass is 381 g/mol. The quantitative estimate of drug-likeness (QED) is 0.511. The van der Waals surface area contributed by atoms with Gasteiger partial charge in [-0.3, -0.25) is 4.90 Å². The minimum atomic E-state index is -4.45. The number of benzene rings is 1. The molecule has 0 N–H and O–H groups in total. The summed E-state index contributed by atoms with van der Waals surface area (Å²) in [6.45, 7) is 2.17. The first kappa shape index (κ1) is 19.2. The van der Waals surface area contributed by atoms with Gasteiger partial charge in [-0.05, 0) is 42.9 Å². The van der Waals surface area contributed by atoms with Gasteiger partial charge in [0.25, 0.3) is 0 Å². The smallest absolute Gasteiger partial charge is 0.416 e. The molecule has 2 atom stereocenters.